The number of fused-ring (bicyclic) bond motifs is 1. The second-order valence-electron chi connectivity index (χ2n) is 7.69. The van der Waals surface area contributed by atoms with Crippen LogP contribution < -0.4 is 31.7 Å². The Morgan fingerprint density at radius 1 is 1.21 bits per heavy atom. The Kier molecular flexibility index (Phi) is 8.60. The van der Waals surface area contributed by atoms with Crippen molar-refractivity contribution in [2.45, 2.75) is 19.4 Å². The van der Waals surface area contributed by atoms with Gasteiger partial charge in [-0.05, 0) is 29.7 Å². The van der Waals surface area contributed by atoms with Crippen molar-refractivity contribution in [1.29, 1.82) is 5.41 Å². The van der Waals surface area contributed by atoms with Gasteiger partial charge in [-0.25, -0.2) is 5.84 Å². The fourth-order valence-electron chi connectivity index (χ4n) is 3.39. The minimum absolute atomic E-state index is 0.133. The molecule has 0 aromatic heterocycles. The van der Waals surface area contributed by atoms with E-state index in [1.54, 1.807) is 18.2 Å². The Labute approximate surface area is 198 Å². The molecule has 0 spiro atoms. The Bertz CT molecular complexity index is 1050. The van der Waals surface area contributed by atoms with Crippen molar-refractivity contribution in [3.8, 4) is 11.5 Å². The van der Waals surface area contributed by atoms with Crippen molar-refractivity contribution in [3.63, 3.8) is 0 Å². The lowest BCUT2D eigenvalue weighted by Gasteiger charge is -2.21. The topological polar surface area (TPSA) is 157 Å². The van der Waals surface area contributed by atoms with E-state index in [0.717, 1.165) is 12.0 Å². The standard InChI is InChI=1S/C24H30N6O4/c1-2-16-6-8-17(9-7-16)20(14-25)29-24(32)19(26)15-30(27)11-10-28-23(31)18-4-3-5-21-22(18)34-13-12-33-21/h3-9,14-15,20,25H,2,10-13,26-27H2,1H3,(H,28,31)(H,29,32)/p+1/b19-15-,25-14?. The normalized spacial score (nSPS) is 13.6. The number of quaternary nitrogens is 1. The van der Waals surface area contributed by atoms with Crippen LogP contribution in [0.5, 0.6) is 11.5 Å². The average molecular weight is 468 g/mol. The number of nitrogens with one attached hydrogen (secondary N) is 3. The first-order valence-electron chi connectivity index (χ1n) is 11.0. The third-order valence-corrected chi connectivity index (χ3v) is 5.28. The predicted octanol–water partition coefficient (Wildman–Crippen LogP) is 0.516. The SMILES string of the molecule is CCc1ccc(C(C=N)NC(=O)/C([NH3+])=C/N(N)CCNC(=O)c2cccc3c2OCCO3)cc1. The first-order chi connectivity index (χ1) is 16.4. The van der Waals surface area contributed by atoms with E-state index in [9.17, 15) is 9.59 Å². The molecule has 3 rings (SSSR count). The van der Waals surface area contributed by atoms with Gasteiger partial charge in [-0.15, -0.1) is 0 Å². The molecule has 0 radical (unpaired) electrons. The van der Waals surface area contributed by atoms with Gasteiger partial charge in [0.05, 0.1) is 24.4 Å². The fraction of sp³-hybridized carbons (Fsp3) is 0.292. The summed E-state index contributed by atoms with van der Waals surface area (Å²) in [6.45, 7) is 3.37. The van der Waals surface area contributed by atoms with Gasteiger partial charge in [-0.1, -0.05) is 37.3 Å². The van der Waals surface area contributed by atoms with Crippen LogP contribution >= 0.6 is 0 Å². The lowest BCUT2D eigenvalue weighted by atomic mass is 10.0. The smallest absolute Gasteiger partial charge is 0.307 e. The molecule has 10 nitrogen and oxygen atoms in total. The van der Waals surface area contributed by atoms with Crippen LogP contribution in [0.15, 0.2) is 54.4 Å². The zero-order chi connectivity index (χ0) is 24.5. The van der Waals surface area contributed by atoms with Crippen LogP contribution in [0, 0.1) is 5.41 Å². The molecule has 1 atom stereocenters. The largest absolute Gasteiger partial charge is 0.486 e. The third kappa shape index (κ3) is 6.33. The maximum Gasteiger partial charge on any atom is 0.307 e. The molecular formula is C24H31N6O4+. The van der Waals surface area contributed by atoms with Gasteiger partial charge < -0.3 is 36.3 Å². The van der Waals surface area contributed by atoms with E-state index in [2.05, 4.69) is 23.3 Å². The van der Waals surface area contributed by atoms with Crippen molar-refractivity contribution >= 4 is 18.0 Å². The lowest BCUT2D eigenvalue weighted by Crippen LogP contribution is -2.56. The van der Waals surface area contributed by atoms with Crippen molar-refractivity contribution in [3.05, 3.63) is 71.1 Å². The molecule has 0 bridgehead atoms. The zero-order valence-corrected chi connectivity index (χ0v) is 19.2. The van der Waals surface area contributed by atoms with Crippen LogP contribution in [0.3, 0.4) is 0 Å². The van der Waals surface area contributed by atoms with E-state index in [1.165, 1.54) is 23.0 Å². The van der Waals surface area contributed by atoms with Crippen LogP contribution in [0.25, 0.3) is 0 Å². The number of carbonyl (C=O) groups is 2. The number of amides is 2. The maximum atomic E-state index is 12.5. The first-order valence-corrected chi connectivity index (χ1v) is 11.0. The molecule has 0 fully saturated rings. The number of para-hydroxylation sites is 1. The highest BCUT2D eigenvalue weighted by molar-refractivity contribution is 5.97. The molecule has 1 heterocycles. The number of carbonyl (C=O) groups excluding carboxylic acids is 2. The summed E-state index contributed by atoms with van der Waals surface area (Å²) in [5, 5.41) is 14.5. The monoisotopic (exact) mass is 467 g/mol. The highest BCUT2D eigenvalue weighted by atomic mass is 16.6. The van der Waals surface area contributed by atoms with Gasteiger partial charge in [-0.3, -0.25) is 9.59 Å². The number of nitrogens with two attached hydrogens (primary N) is 1. The number of hydrogen-bond acceptors (Lipinski definition) is 7. The summed E-state index contributed by atoms with van der Waals surface area (Å²) in [4.78, 5) is 25.1. The van der Waals surface area contributed by atoms with E-state index in [-0.39, 0.29) is 24.7 Å². The number of rotatable bonds is 10. The second-order valence-corrected chi connectivity index (χ2v) is 7.69. The zero-order valence-electron chi connectivity index (χ0n) is 19.2. The molecule has 2 aromatic rings. The molecular weight excluding hydrogens is 436 g/mol. The van der Waals surface area contributed by atoms with Crippen molar-refractivity contribution in [2.24, 2.45) is 5.84 Å². The second kappa shape index (κ2) is 11.8. The van der Waals surface area contributed by atoms with E-state index in [4.69, 9.17) is 20.7 Å². The summed E-state index contributed by atoms with van der Waals surface area (Å²) in [6.07, 6.45) is 3.47. The van der Waals surface area contributed by atoms with Gasteiger partial charge in [-0.2, -0.15) is 0 Å². The number of ether oxygens (including phenoxy) is 2. The minimum Gasteiger partial charge on any atom is -0.486 e. The highest BCUT2D eigenvalue weighted by Crippen LogP contribution is 2.33. The molecule has 0 saturated carbocycles. The van der Waals surface area contributed by atoms with E-state index in [0.29, 0.717) is 30.3 Å². The van der Waals surface area contributed by atoms with Crippen LogP contribution in [0.2, 0.25) is 0 Å². The summed E-state index contributed by atoms with van der Waals surface area (Å²) >= 11 is 0. The molecule has 1 aliphatic heterocycles. The Morgan fingerprint density at radius 2 is 1.94 bits per heavy atom. The van der Waals surface area contributed by atoms with Gasteiger partial charge in [0.2, 0.25) is 5.70 Å². The van der Waals surface area contributed by atoms with Gasteiger partial charge in [0, 0.05) is 12.8 Å². The van der Waals surface area contributed by atoms with Gasteiger partial charge >= 0.3 is 5.91 Å². The summed E-state index contributed by atoms with van der Waals surface area (Å²) in [7, 11) is 0. The molecule has 2 aromatic carbocycles. The first kappa shape index (κ1) is 24.7. The minimum atomic E-state index is -0.572. The number of hydrogen-bond donors (Lipinski definition) is 5. The van der Waals surface area contributed by atoms with E-state index in [1.807, 2.05) is 24.3 Å². The maximum absolute atomic E-state index is 12.5. The van der Waals surface area contributed by atoms with Crippen molar-refractivity contribution in [2.75, 3.05) is 26.3 Å². The number of benzene rings is 2. The van der Waals surface area contributed by atoms with Crippen LogP contribution in [-0.4, -0.2) is 49.3 Å². The quantitative estimate of drug-likeness (QED) is 0.148. The molecule has 2 amide bonds. The van der Waals surface area contributed by atoms with Gasteiger partial charge in [0.25, 0.3) is 5.91 Å². The lowest BCUT2D eigenvalue weighted by molar-refractivity contribution is -0.300. The van der Waals surface area contributed by atoms with E-state index >= 15 is 0 Å². The van der Waals surface area contributed by atoms with Crippen LogP contribution in [0.1, 0.15) is 34.5 Å². The average Bonchev–Trinajstić information content (AvgIpc) is 2.86. The van der Waals surface area contributed by atoms with Gasteiger partial charge in [0.1, 0.15) is 13.2 Å². The molecule has 34 heavy (non-hydrogen) atoms. The van der Waals surface area contributed by atoms with Crippen LogP contribution in [0.4, 0.5) is 0 Å². The summed E-state index contributed by atoms with van der Waals surface area (Å²) < 4.78 is 11.1. The molecule has 180 valence electrons. The molecule has 1 aliphatic rings. The molecule has 8 N–H and O–H groups in total. The molecule has 10 heteroatoms. The van der Waals surface area contributed by atoms with Crippen molar-refractivity contribution < 1.29 is 24.8 Å². The molecule has 0 saturated heterocycles. The third-order valence-electron chi connectivity index (χ3n) is 5.28. The number of hydrazine groups is 1. The summed E-state index contributed by atoms with van der Waals surface area (Å²) in [6, 6.07) is 12.3. The Hall–Kier alpha value is -3.89. The Morgan fingerprint density at radius 3 is 2.65 bits per heavy atom. The summed E-state index contributed by atoms with van der Waals surface area (Å²) in [5.74, 6) is 6.17. The number of aryl methyl sites for hydroxylation is 1. The Balaban J connectivity index is 1.50. The molecule has 0 aliphatic carbocycles. The predicted molar refractivity (Wildman–Crippen MR) is 127 cm³/mol. The van der Waals surface area contributed by atoms with Crippen molar-refractivity contribution in [1.82, 2.24) is 15.6 Å². The van der Waals surface area contributed by atoms with Gasteiger partial charge in [0.15, 0.2) is 11.5 Å². The molecule has 1 unspecified atom stereocenters. The van der Waals surface area contributed by atoms with Crippen LogP contribution in [-0.2, 0) is 11.2 Å². The van der Waals surface area contributed by atoms with E-state index < -0.39 is 11.9 Å². The fourth-order valence-corrected chi connectivity index (χ4v) is 3.39. The summed E-state index contributed by atoms with van der Waals surface area (Å²) in [5.41, 5.74) is 6.26. The highest BCUT2D eigenvalue weighted by Gasteiger charge is 2.20. The number of nitrogens with zero attached hydrogens (tertiary/aromatic N) is 1.